The summed E-state index contributed by atoms with van der Waals surface area (Å²) in [5, 5.41) is 10.5. The zero-order chi connectivity index (χ0) is 10.2. The van der Waals surface area contributed by atoms with Crippen molar-refractivity contribution in [2.24, 2.45) is 0 Å². The molecule has 14 heavy (non-hydrogen) atoms. The number of hydrogen-bond acceptors (Lipinski definition) is 1. The average molecular weight is 189 g/mol. The van der Waals surface area contributed by atoms with Gasteiger partial charge in [0, 0.05) is 11.7 Å². The molecule has 1 heterocycles. The Morgan fingerprint density at radius 1 is 1.21 bits per heavy atom. The molecule has 0 aliphatic carbocycles. The number of hydrogen-bond donors (Lipinski definition) is 1. The Balaban J connectivity index is 2.64. The van der Waals surface area contributed by atoms with Crippen LogP contribution in [0.1, 0.15) is 13.8 Å². The van der Waals surface area contributed by atoms with E-state index in [0.29, 0.717) is 0 Å². The number of rotatable bonds is 2. The molecule has 0 aliphatic heterocycles. The number of nitrogens with zero attached hydrogens (tertiary/aromatic N) is 1. The molecule has 0 saturated heterocycles. The van der Waals surface area contributed by atoms with Gasteiger partial charge in [-0.05, 0) is 31.4 Å². The Kier molecular flexibility index (Phi) is 2.08. The van der Waals surface area contributed by atoms with Crippen LogP contribution in [-0.4, -0.2) is 16.3 Å². The molecule has 74 valence electrons. The molecular formula is C12H15NO. The molecule has 2 nitrogen and oxygen atoms in total. The van der Waals surface area contributed by atoms with E-state index in [1.54, 1.807) is 0 Å². The first-order valence-corrected chi connectivity index (χ1v) is 4.82. The summed E-state index contributed by atoms with van der Waals surface area (Å²) in [6.07, 6.45) is 2.03. The summed E-state index contributed by atoms with van der Waals surface area (Å²) in [6, 6.07) is 10.3. The summed E-state index contributed by atoms with van der Waals surface area (Å²) in [4.78, 5) is 0. The molecule has 2 aromatic rings. The van der Waals surface area contributed by atoms with E-state index in [-0.39, 0.29) is 12.1 Å². The molecular weight excluding hydrogens is 174 g/mol. The number of aromatic nitrogens is 1. The molecule has 0 spiro atoms. The summed E-state index contributed by atoms with van der Waals surface area (Å²) in [5.74, 6) is 0. The Labute approximate surface area is 83.8 Å². The number of aliphatic hydroxyl groups excluding tert-OH is 1. The van der Waals surface area contributed by atoms with Gasteiger partial charge in [0.05, 0.1) is 12.1 Å². The summed E-state index contributed by atoms with van der Waals surface area (Å²) >= 11 is 0. The third-order valence-corrected chi connectivity index (χ3v) is 2.64. The normalized spacial score (nSPS) is 12.2. The van der Waals surface area contributed by atoms with Gasteiger partial charge in [0.2, 0.25) is 0 Å². The van der Waals surface area contributed by atoms with E-state index in [2.05, 4.69) is 22.8 Å². The van der Waals surface area contributed by atoms with Crippen LogP contribution in [0.25, 0.3) is 10.9 Å². The third-order valence-electron chi connectivity index (χ3n) is 2.64. The van der Waals surface area contributed by atoms with Crippen LogP contribution in [-0.2, 0) is 5.54 Å². The van der Waals surface area contributed by atoms with Gasteiger partial charge >= 0.3 is 0 Å². The summed E-state index contributed by atoms with van der Waals surface area (Å²) < 4.78 is 2.11. The minimum atomic E-state index is -0.233. The van der Waals surface area contributed by atoms with Crippen LogP contribution in [0.5, 0.6) is 0 Å². The fourth-order valence-corrected chi connectivity index (χ4v) is 1.69. The topological polar surface area (TPSA) is 25.2 Å². The van der Waals surface area contributed by atoms with E-state index in [1.165, 1.54) is 10.9 Å². The molecule has 0 fully saturated rings. The molecule has 0 amide bonds. The second-order valence-electron chi connectivity index (χ2n) is 4.22. The zero-order valence-electron chi connectivity index (χ0n) is 8.57. The SMILES string of the molecule is CC(C)(CO)n1ccc2ccccc21. The van der Waals surface area contributed by atoms with Crippen molar-refractivity contribution in [2.45, 2.75) is 19.4 Å². The van der Waals surface area contributed by atoms with Crippen molar-refractivity contribution in [2.75, 3.05) is 6.61 Å². The predicted molar refractivity (Wildman–Crippen MR) is 58.3 cm³/mol. The maximum atomic E-state index is 9.30. The van der Waals surface area contributed by atoms with Crippen LogP contribution in [0, 0.1) is 0 Å². The van der Waals surface area contributed by atoms with E-state index in [0.717, 1.165) is 0 Å². The summed E-state index contributed by atoms with van der Waals surface area (Å²) in [6.45, 7) is 4.20. The van der Waals surface area contributed by atoms with Gasteiger partial charge in [-0.15, -0.1) is 0 Å². The maximum Gasteiger partial charge on any atom is 0.0661 e. The van der Waals surface area contributed by atoms with E-state index in [9.17, 15) is 5.11 Å². The van der Waals surface area contributed by atoms with Crippen LogP contribution in [0.2, 0.25) is 0 Å². The Morgan fingerprint density at radius 3 is 2.64 bits per heavy atom. The fourth-order valence-electron chi connectivity index (χ4n) is 1.69. The van der Waals surface area contributed by atoms with Crippen molar-refractivity contribution in [3.8, 4) is 0 Å². The van der Waals surface area contributed by atoms with Crippen molar-refractivity contribution in [3.05, 3.63) is 36.5 Å². The Morgan fingerprint density at radius 2 is 1.93 bits per heavy atom. The van der Waals surface area contributed by atoms with Crippen LogP contribution in [0.15, 0.2) is 36.5 Å². The molecule has 1 aromatic carbocycles. The van der Waals surface area contributed by atoms with E-state index < -0.39 is 0 Å². The van der Waals surface area contributed by atoms with Gasteiger partial charge in [0.25, 0.3) is 0 Å². The quantitative estimate of drug-likeness (QED) is 0.770. The summed E-state index contributed by atoms with van der Waals surface area (Å²) in [5.41, 5.74) is 0.940. The molecule has 0 radical (unpaired) electrons. The van der Waals surface area contributed by atoms with Crippen LogP contribution >= 0.6 is 0 Å². The fraction of sp³-hybridized carbons (Fsp3) is 0.333. The molecule has 1 aromatic heterocycles. The highest BCUT2D eigenvalue weighted by atomic mass is 16.3. The van der Waals surface area contributed by atoms with Crippen molar-refractivity contribution in [1.29, 1.82) is 0 Å². The maximum absolute atomic E-state index is 9.30. The van der Waals surface area contributed by atoms with Crippen LogP contribution < -0.4 is 0 Å². The average Bonchev–Trinajstić information content (AvgIpc) is 2.61. The number of benzene rings is 1. The molecule has 1 N–H and O–H groups in total. The Bertz CT molecular complexity index is 442. The first kappa shape index (κ1) is 9.28. The molecule has 0 saturated carbocycles. The smallest absolute Gasteiger partial charge is 0.0661 e. The lowest BCUT2D eigenvalue weighted by atomic mass is 10.1. The standard InChI is InChI=1S/C12H15NO/c1-12(2,9-14)13-8-7-10-5-3-4-6-11(10)13/h3-8,14H,9H2,1-2H3. The number of fused-ring (bicyclic) bond motifs is 1. The number of para-hydroxylation sites is 1. The highest BCUT2D eigenvalue weighted by Gasteiger charge is 2.19. The van der Waals surface area contributed by atoms with E-state index in [4.69, 9.17) is 0 Å². The number of aliphatic hydroxyl groups is 1. The molecule has 0 aliphatic rings. The van der Waals surface area contributed by atoms with Gasteiger partial charge in [0.1, 0.15) is 0 Å². The third kappa shape index (κ3) is 1.32. The lowest BCUT2D eigenvalue weighted by Gasteiger charge is -2.25. The van der Waals surface area contributed by atoms with Gasteiger partial charge in [0.15, 0.2) is 0 Å². The van der Waals surface area contributed by atoms with Crippen molar-refractivity contribution < 1.29 is 5.11 Å². The zero-order valence-corrected chi connectivity index (χ0v) is 8.57. The van der Waals surface area contributed by atoms with Crippen molar-refractivity contribution in [3.63, 3.8) is 0 Å². The van der Waals surface area contributed by atoms with Crippen LogP contribution in [0.4, 0.5) is 0 Å². The monoisotopic (exact) mass is 189 g/mol. The minimum absolute atomic E-state index is 0.145. The Hall–Kier alpha value is -1.28. The van der Waals surface area contributed by atoms with Crippen molar-refractivity contribution >= 4 is 10.9 Å². The van der Waals surface area contributed by atoms with Gasteiger partial charge < -0.3 is 9.67 Å². The van der Waals surface area contributed by atoms with Gasteiger partial charge in [-0.25, -0.2) is 0 Å². The van der Waals surface area contributed by atoms with E-state index in [1.807, 2.05) is 32.2 Å². The molecule has 2 heteroatoms. The lowest BCUT2D eigenvalue weighted by Crippen LogP contribution is -2.29. The van der Waals surface area contributed by atoms with Gasteiger partial charge in [-0.3, -0.25) is 0 Å². The largest absolute Gasteiger partial charge is 0.394 e. The second-order valence-corrected chi connectivity index (χ2v) is 4.22. The van der Waals surface area contributed by atoms with Gasteiger partial charge in [-0.2, -0.15) is 0 Å². The predicted octanol–water partition coefficient (Wildman–Crippen LogP) is 2.37. The van der Waals surface area contributed by atoms with E-state index >= 15 is 0 Å². The first-order valence-electron chi connectivity index (χ1n) is 4.82. The first-order chi connectivity index (χ1) is 6.65. The highest BCUT2D eigenvalue weighted by Crippen LogP contribution is 2.23. The lowest BCUT2D eigenvalue weighted by molar-refractivity contribution is 0.168. The van der Waals surface area contributed by atoms with Crippen molar-refractivity contribution in [1.82, 2.24) is 4.57 Å². The molecule has 0 bridgehead atoms. The second kappa shape index (κ2) is 3.14. The van der Waals surface area contributed by atoms with Gasteiger partial charge in [-0.1, -0.05) is 18.2 Å². The summed E-state index contributed by atoms with van der Waals surface area (Å²) in [7, 11) is 0. The molecule has 0 atom stereocenters. The van der Waals surface area contributed by atoms with Crippen LogP contribution in [0.3, 0.4) is 0 Å². The molecule has 0 unspecified atom stereocenters. The minimum Gasteiger partial charge on any atom is -0.394 e. The molecule has 2 rings (SSSR count). The highest BCUT2D eigenvalue weighted by molar-refractivity contribution is 5.80.